The van der Waals surface area contributed by atoms with Gasteiger partial charge in [-0.05, 0) is 36.4 Å². The Hall–Kier alpha value is -3.06. The highest BCUT2D eigenvalue weighted by Gasteiger charge is 2.10. The molecule has 3 aromatic rings. The summed E-state index contributed by atoms with van der Waals surface area (Å²) < 4.78 is 0. The van der Waals surface area contributed by atoms with Gasteiger partial charge in [-0.2, -0.15) is 0 Å². The van der Waals surface area contributed by atoms with Crippen LogP contribution in [-0.2, 0) is 11.2 Å². The molecule has 2 aromatic heterocycles. The summed E-state index contributed by atoms with van der Waals surface area (Å²) in [7, 11) is 0. The van der Waals surface area contributed by atoms with Crippen LogP contribution in [0.15, 0.2) is 54.2 Å². The van der Waals surface area contributed by atoms with Crippen molar-refractivity contribution >= 4 is 28.9 Å². The number of nitrogens with one attached hydrogen (secondary N) is 1. The van der Waals surface area contributed by atoms with Gasteiger partial charge in [-0.25, -0.2) is 9.78 Å². The molecule has 120 valence electrons. The van der Waals surface area contributed by atoms with Gasteiger partial charge in [0.1, 0.15) is 5.01 Å². The number of thiazole rings is 1. The second-order valence-electron chi connectivity index (χ2n) is 4.99. The second kappa shape index (κ2) is 7.01. The minimum atomic E-state index is -1.00. The lowest BCUT2D eigenvalue weighted by molar-refractivity contribution is -0.115. The van der Waals surface area contributed by atoms with Crippen LogP contribution in [0.2, 0.25) is 0 Å². The van der Waals surface area contributed by atoms with Gasteiger partial charge in [-0.15, -0.1) is 11.3 Å². The number of rotatable bonds is 5. The van der Waals surface area contributed by atoms with Gasteiger partial charge in [-0.3, -0.25) is 9.78 Å². The van der Waals surface area contributed by atoms with Crippen molar-refractivity contribution in [3.63, 3.8) is 0 Å². The van der Waals surface area contributed by atoms with Gasteiger partial charge in [-0.1, -0.05) is 0 Å². The maximum Gasteiger partial charge on any atom is 0.335 e. The summed E-state index contributed by atoms with van der Waals surface area (Å²) >= 11 is 1.46. The van der Waals surface area contributed by atoms with Crippen LogP contribution in [0.1, 0.15) is 16.1 Å². The first kappa shape index (κ1) is 15.8. The average molecular weight is 339 g/mol. The van der Waals surface area contributed by atoms with E-state index in [0.717, 1.165) is 10.6 Å². The molecule has 1 amide bonds. The zero-order chi connectivity index (χ0) is 16.9. The van der Waals surface area contributed by atoms with Gasteiger partial charge in [0, 0.05) is 29.0 Å². The number of carboxylic acid groups (broad SMARTS) is 1. The number of hydrogen-bond donors (Lipinski definition) is 2. The van der Waals surface area contributed by atoms with Crippen LogP contribution in [0.3, 0.4) is 0 Å². The molecule has 1 aromatic carbocycles. The van der Waals surface area contributed by atoms with E-state index >= 15 is 0 Å². The fourth-order valence-electron chi connectivity index (χ4n) is 2.08. The van der Waals surface area contributed by atoms with Crippen LogP contribution in [-0.4, -0.2) is 27.0 Å². The largest absolute Gasteiger partial charge is 0.478 e. The summed E-state index contributed by atoms with van der Waals surface area (Å²) in [6.45, 7) is 0. The molecule has 0 radical (unpaired) electrons. The number of anilines is 1. The third kappa shape index (κ3) is 3.82. The predicted octanol–water partition coefficient (Wildman–Crippen LogP) is 3.08. The zero-order valence-electron chi connectivity index (χ0n) is 12.5. The highest BCUT2D eigenvalue weighted by Crippen LogP contribution is 2.23. The van der Waals surface area contributed by atoms with Crippen molar-refractivity contribution in [2.45, 2.75) is 6.42 Å². The van der Waals surface area contributed by atoms with E-state index in [9.17, 15) is 9.59 Å². The van der Waals surface area contributed by atoms with Gasteiger partial charge >= 0.3 is 5.97 Å². The molecule has 0 spiro atoms. The van der Waals surface area contributed by atoms with E-state index in [1.807, 2.05) is 17.5 Å². The molecule has 0 aliphatic carbocycles. The summed E-state index contributed by atoms with van der Waals surface area (Å²) in [5.74, 6) is -1.21. The quantitative estimate of drug-likeness (QED) is 0.745. The molecule has 0 aliphatic rings. The summed E-state index contributed by atoms with van der Waals surface area (Å²) in [5, 5.41) is 14.2. The third-order valence-corrected chi connectivity index (χ3v) is 4.16. The summed E-state index contributed by atoms with van der Waals surface area (Å²) in [4.78, 5) is 31.4. The van der Waals surface area contributed by atoms with Crippen molar-refractivity contribution < 1.29 is 14.7 Å². The smallest absolute Gasteiger partial charge is 0.335 e. The minimum Gasteiger partial charge on any atom is -0.478 e. The molecule has 6 nitrogen and oxygen atoms in total. The molecule has 0 unspecified atom stereocenters. The Morgan fingerprint density at radius 3 is 2.62 bits per heavy atom. The highest BCUT2D eigenvalue weighted by molar-refractivity contribution is 7.13. The molecule has 24 heavy (non-hydrogen) atoms. The topological polar surface area (TPSA) is 92.2 Å². The summed E-state index contributed by atoms with van der Waals surface area (Å²) in [5.41, 5.74) is 2.32. The van der Waals surface area contributed by atoms with Crippen LogP contribution in [0, 0.1) is 0 Å². The number of carbonyl (C=O) groups is 2. The number of aromatic carboxylic acids is 1. The number of carboxylic acids is 1. The molecule has 3 rings (SSSR count). The van der Waals surface area contributed by atoms with Gasteiger partial charge in [0.2, 0.25) is 5.91 Å². The molecule has 0 saturated carbocycles. The van der Waals surface area contributed by atoms with Gasteiger partial charge in [0.05, 0.1) is 17.7 Å². The zero-order valence-corrected chi connectivity index (χ0v) is 13.3. The standard InChI is InChI=1S/C17H13N3O3S/c21-15(19-13-5-3-11(4-6-13)17(22)23)8-14-10-24-16(20-14)12-2-1-7-18-9-12/h1-7,9-10H,8H2,(H,19,21)(H,22,23). The maximum absolute atomic E-state index is 12.1. The lowest BCUT2D eigenvalue weighted by Gasteiger charge is -2.04. The molecule has 0 aliphatic heterocycles. The van der Waals surface area contributed by atoms with Crippen molar-refractivity contribution in [3.8, 4) is 10.6 Å². The normalized spacial score (nSPS) is 10.3. The lowest BCUT2D eigenvalue weighted by Crippen LogP contribution is -2.14. The van der Waals surface area contributed by atoms with Crippen molar-refractivity contribution in [3.05, 3.63) is 65.4 Å². The molecule has 7 heteroatoms. The first-order valence-electron chi connectivity index (χ1n) is 7.10. The number of nitrogens with zero attached hydrogens (tertiary/aromatic N) is 2. The monoisotopic (exact) mass is 339 g/mol. The second-order valence-corrected chi connectivity index (χ2v) is 5.85. The van der Waals surface area contributed by atoms with Crippen molar-refractivity contribution in [2.75, 3.05) is 5.32 Å². The van der Waals surface area contributed by atoms with Crippen LogP contribution in [0.4, 0.5) is 5.69 Å². The minimum absolute atomic E-state index is 0.150. The summed E-state index contributed by atoms with van der Waals surface area (Å²) in [6, 6.07) is 9.76. The number of hydrogen-bond acceptors (Lipinski definition) is 5. The molecule has 0 atom stereocenters. The Morgan fingerprint density at radius 1 is 1.17 bits per heavy atom. The van der Waals surface area contributed by atoms with Gasteiger partial charge < -0.3 is 10.4 Å². The van der Waals surface area contributed by atoms with E-state index in [0.29, 0.717) is 11.4 Å². The number of pyridine rings is 1. The SMILES string of the molecule is O=C(Cc1csc(-c2cccnc2)n1)Nc1ccc(C(=O)O)cc1. The van der Waals surface area contributed by atoms with E-state index < -0.39 is 5.97 Å². The first-order valence-corrected chi connectivity index (χ1v) is 7.98. The Bertz CT molecular complexity index is 860. The van der Waals surface area contributed by atoms with Crippen LogP contribution in [0.5, 0.6) is 0 Å². The highest BCUT2D eigenvalue weighted by atomic mass is 32.1. The van der Waals surface area contributed by atoms with Gasteiger partial charge in [0.15, 0.2) is 0 Å². The molecule has 0 fully saturated rings. The molecule has 0 bridgehead atoms. The maximum atomic E-state index is 12.1. The number of carbonyl (C=O) groups excluding carboxylic acids is 1. The Kier molecular flexibility index (Phi) is 4.62. The molecule has 0 saturated heterocycles. The van der Waals surface area contributed by atoms with E-state index in [2.05, 4.69) is 15.3 Å². The van der Waals surface area contributed by atoms with Crippen molar-refractivity contribution in [2.24, 2.45) is 0 Å². The van der Waals surface area contributed by atoms with Crippen LogP contribution < -0.4 is 5.32 Å². The van der Waals surface area contributed by atoms with Crippen LogP contribution in [0.25, 0.3) is 10.6 Å². The van der Waals surface area contributed by atoms with E-state index in [4.69, 9.17) is 5.11 Å². The number of amides is 1. The van der Waals surface area contributed by atoms with E-state index in [-0.39, 0.29) is 17.9 Å². The van der Waals surface area contributed by atoms with Crippen molar-refractivity contribution in [1.82, 2.24) is 9.97 Å². The van der Waals surface area contributed by atoms with E-state index in [1.54, 1.807) is 24.5 Å². The predicted molar refractivity (Wildman–Crippen MR) is 91.1 cm³/mol. The lowest BCUT2D eigenvalue weighted by atomic mass is 10.2. The summed E-state index contributed by atoms with van der Waals surface area (Å²) in [6.07, 6.45) is 3.57. The fourth-order valence-corrected chi connectivity index (χ4v) is 2.89. The molecular weight excluding hydrogens is 326 g/mol. The first-order chi connectivity index (χ1) is 11.6. The van der Waals surface area contributed by atoms with Crippen molar-refractivity contribution in [1.29, 1.82) is 0 Å². The van der Waals surface area contributed by atoms with Gasteiger partial charge in [0.25, 0.3) is 0 Å². The Morgan fingerprint density at radius 2 is 1.96 bits per heavy atom. The number of benzene rings is 1. The molecule has 2 heterocycles. The Labute approximate surface area is 141 Å². The number of aromatic nitrogens is 2. The van der Waals surface area contributed by atoms with E-state index in [1.165, 1.54) is 23.5 Å². The average Bonchev–Trinajstić information content (AvgIpc) is 3.04. The Balaban J connectivity index is 1.63. The molecular formula is C17H13N3O3S. The molecule has 2 N–H and O–H groups in total. The van der Waals surface area contributed by atoms with Crippen LogP contribution >= 0.6 is 11.3 Å². The third-order valence-electron chi connectivity index (χ3n) is 3.22. The fraction of sp³-hybridized carbons (Fsp3) is 0.0588.